The molecule has 1 heterocycles. The topological polar surface area (TPSA) is 82.0 Å². The van der Waals surface area contributed by atoms with Gasteiger partial charge in [0.25, 0.3) is 0 Å². The van der Waals surface area contributed by atoms with Crippen molar-refractivity contribution in [2.75, 3.05) is 16.3 Å². The number of thiophene rings is 1. The molecule has 0 saturated heterocycles. The summed E-state index contributed by atoms with van der Waals surface area (Å²) in [5.74, 6) is 0. The van der Waals surface area contributed by atoms with Gasteiger partial charge in [0.1, 0.15) is 10.9 Å². The third-order valence-corrected chi connectivity index (χ3v) is 4.42. The minimum atomic E-state index is -3.33. The lowest BCUT2D eigenvalue weighted by atomic mass is 10.3. The second-order valence-electron chi connectivity index (χ2n) is 4.30. The fraction of sp³-hybridized carbons (Fsp3) is 0.154. The Balaban J connectivity index is 2.12. The Hall–Kier alpha value is -1.75. The van der Waals surface area contributed by atoms with Gasteiger partial charge in [-0.05, 0) is 30.3 Å². The monoisotopic (exact) mass is 341 g/mol. The second-order valence-corrected chi connectivity index (χ2v) is 7.62. The summed E-state index contributed by atoms with van der Waals surface area (Å²) in [7, 11) is -3.33. The zero-order chi connectivity index (χ0) is 15.5. The van der Waals surface area contributed by atoms with Crippen LogP contribution in [0.5, 0.6) is 0 Å². The highest BCUT2D eigenvalue weighted by Gasteiger charge is 2.06. The lowest BCUT2D eigenvalue weighted by Crippen LogP contribution is -2.09. The summed E-state index contributed by atoms with van der Waals surface area (Å²) in [6.45, 7) is 0.508. The van der Waals surface area contributed by atoms with E-state index in [4.69, 9.17) is 16.9 Å². The Labute approximate surface area is 132 Å². The van der Waals surface area contributed by atoms with Crippen LogP contribution in [0.25, 0.3) is 0 Å². The summed E-state index contributed by atoms with van der Waals surface area (Å²) in [6, 6.07) is 10.5. The van der Waals surface area contributed by atoms with E-state index in [1.54, 1.807) is 24.3 Å². The van der Waals surface area contributed by atoms with Crippen molar-refractivity contribution in [3.63, 3.8) is 0 Å². The van der Waals surface area contributed by atoms with E-state index in [2.05, 4.69) is 16.1 Å². The van der Waals surface area contributed by atoms with Crippen molar-refractivity contribution in [1.29, 1.82) is 5.26 Å². The molecule has 2 N–H and O–H groups in total. The molecule has 0 aliphatic heterocycles. The standard InChI is InChI=1S/C13H12ClN3O2S2/c1-21(18,19)17-9-2-5-12(14)13(6-9)16-8-11-4-3-10(7-15)20-11/h2-6,16-17H,8H2,1H3. The quantitative estimate of drug-likeness (QED) is 0.874. The molecular weight excluding hydrogens is 330 g/mol. The van der Waals surface area contributed by atoms with E-state index in [-0.39, 0.29) is 0 Å². The van der Waals surface area contributed by atoms with Crippen LogP contribution in [0.1, 0.15) is 9.75 Å². The van der Waals surface area contributed by atoms with Crippen molar-refractivity contribution in [1.82, 2.24) is 0 Å². The number of nitrogens with zero attached hydrogens (tertiary/aromatic N) is 1. The molecule has 0 fully saturated rings. The first-order valence-corrected chi connectivity index (χ1v) is 8.96. The van der Waals surface area contributed by atoms with E-state index in [1.807, 2.05) is 6.07 Å². The number of sulfonamides is 1. The van der Waals surface area contributed by atoms with Gasteiger partial charge in [0, 0.05) is 11.4 Å². The molecule has 0 atom stereocenters. The van der Waals surface area contributed by atoms with Gasteiger partial charge in [-0.3, -0.25) is 4.72 Å². The number of nitriles is 1. The summed E-state index contributed by atoms with van der Waals surface area (Å²) in [5, 5.41) is 12.4. The van der Waals surface area contributed by atoms with Gasteiger partial charge in [0.15, 0.2) is 0 Å². The Morgan fingerprint density at radius 3 is 2.71 bits per heavy atom. The van der Waals surface area contributed by atoms with Gasteiger partial charge in [-0.1, -0.05) is 11.6 Å². The first kappa shape index (κ1) is 15.6. The second kappa shape index (κ2) is 6.35. The van der Waals surface area contributed by atoms with Crippen molar-refractivity contribution in [3.8, 4) is 6.07 Å². The highest BCUT2D eigenvalue weighted by atomic mass is 35.5. The molecule has 110 valence electrons. The maximum absolute atomic E-state index is 11.2. The lowest BCUT2D eigenvalue weighted by Gasteiger charge is -2.10. The number of halogens is 1. The van der Waals surface area contributed by atoms with Crippen LogP contribution in [0.15, 0.2) is 30.3 Å². The molecule has 0 aliphatic rings. The molecule has 8 heteroatoms. The first-order valence-electron chi connectivity index (χ1n) is 5.87. The molecule has 2 rings (SSSR count). The molecule has 1 aromatic heterocycles. The summed E-state index contributed by atoms with van der Waals surface area (Å²) in [6.07, 6.45) is 1.09. The molecule has 0 saturated carbocycles. The van der Waals surface area contributed by atoms with E-state index >= 15 is 0 Å². The van der Waals surface area contributed by atoms with Crippen molar-refractivity contribution in [2.24, 2.45) is 0 Å². The number of hydrogen-bond donors (Lipinski definition) is 2. The van der Waals surface area contributed by atoms with Crippen LogP contribution in [-0.2, 0) is 16.6 Å². The SMILES string of the molecule is CS(=O)(=O)Nc1ccc(Cl)c(NCc2ccc(C#N)s2)c1. The number of anilines is 2. The first-order chi connectivity index (χ1) is 9.87. The molecule has 0 spiro atoms. The zero-order valence-corrected chi connectivity index (χ0v) is 13.4. The highest BCUT2D eigenvalue weighted by molar-refractivity contribution is 7.92. The van der Waals surface area contributed by atoms with Crippen LogP contribution in [0, 0.1) is 11.3 Å². The number of nitrogens with one attached hydrogen (secondary N) is 2. The van der Waals surface area contributed by atoms with Crippen LogP contribution in [0.4, 0.5) is 11.4 Å². The molecule has 0 aliphatic carbocycles. The van der Waals surface area contributed by atoms with Gasteiger partial charge >= 0.3 is 0 Å². The van der Waals surface area contributed by atoms with Crippen LogP contribution in [0.2, 0.25) is 5.02 Å². The van der Waals surface area contributed by atoms with Crippen molar-refractivity contribution < 1.29 is 8.42 Å². The summed E-state index contributed by atoms with van der Waals surface area (Å²) in [5.41, 5.74) is 1.06. The molecule has 5 nitrogen and oxygen atoms in total. The van der Waals surface area contributed by atoms with Crippen molar-refractivity contribution in [2.45, 2.75) is 6.54 Å². The van der Waals surface area contributed by atoms with E-state index in [0.29, 0.717) is 27.8 Å². The van der Waals surface area contributed by atoms with E-state index in [9.17, 15) is 8.42 Å². The third-order valence-electron chi connectivity index (χ3n) is 2.49. The fourth-order valence-corrected chi connectivity index (χ4v) is 3.14. The number of rotatable bonds is 5. The fourth-order valence-electron chi connectivity index (χ4n) is 1.65. The van der Waals surface area contributed by atoms with Gasteiger partial charge in [0.05, 0.1) is 22.7 Å². The van der Waals surface area contributed by atoms with Gasteiger partial charge in [0.2, 0.25) is 10.0 Å². The van der Waals surface area contributed by atoms with E-state index in [0.717, 1.165) is 11.1 Å². The molecule has 1 aromatic carbocycles. The zero-order valence-electron chi connectivity index (χ0n) is 11.1. The van der Waals surface area contributed by atoms with Crippen molar-refractivity contribution >= 4 is 44.3 Å². The smallest absolute Gasteiger partial charge is 0.229 e. The Morgan fingerprint density at radius 1 is 1.33 bits per heavy atom. The van der Waals surface area contributed by atoms with Crippen LogP contribution in [-0.4, -0.2) is 14.7 Å². The predicted molar refractivity (Wildman–Crippen MR) is 86.3 cm³/mol. The average Bonchev–Trinajstić information content (AvgIpc) is 2.86. The minimum absolute atomic E-state index is 0.438. The van der Waals surface area contributed by atoms with Crippen LogP contribution in [0.3, 0.4) is 0 Å². The molecule has 0 radical (unpaired) electrons. The Bertz CT molecular complexity index is 794. The van der Waals surface area contributed by atoms with Crippen LogP contribution >= 0.6 is 22.9 Å². The van der Waals surface area contributed by atoms with Gasteiger partial charge in [-0.15, -0.1) is 11.3 Å². The molecule has 21 heavy (non-hydrogen) atoms. The Morgan fingerprint density at radius 2 is 2.10 bits per heavy atom. The normalized spacial score (nSPS) is 10.9. The molecule has 0 amide bonds. The number of hydrogen-bond acceptors (Lipinski definition) is 5. The largest absolute Gasteiger partial charge is 0.379 e. The number of benzene rings is 1. The average molecular weight is 342 g/mol. The highest BCUT2D eigenvalue weighted by Crippen LogP contribution is 2.27. The molecule has 0 bridgehead atoms. The summed E-state index contributed by atoms with van der Waals surface area (Å²) >= 11 is 7.47. The maximum Gasteiger partial charge on any atom is 0.229 e. The van der Waals surface area contributed by atoms with Crippen LogP contribution < -0.4 is 10.0 Å². The lowest BCUT2D eigenvalue weighted by molar-refractivity contribution is 0.607. The third kappa shape index (κ3) is 4.63. The molecular formula is C13H12ClN3O2S2. The summed E-state index contributed by atoms with van der Waals surface area (Å²) < 4.78 is 24.8. The Kier molecular flexibility index (Phi) is 4.73. The minimum Gasteiger partial charge on any atom is -0.379 e. The molecule has 0 unspecified atom stereocenters. The predicted octanol–water partition coefficient (Wildman–Crippen LogP) is 3.26. The van der Waals surface area contributed by atoms with Gasteiger partial charge in [-0.2, -0.15) is 5.26 Å². The summed E-state index contributed by atoms with van der Waals surface area (Å²) in [4.78, 5) is 1.63. The van der Waals surface area contributed by atoms with Gasteiger partial charge in [-0.25, -0.2) is 8.42 Å². The van der Waals surface area contributed by atoms with E-state index < -0.39 is 10.0 Å². The maximum atomic E-state index is 11.2. The van der Waals surface area contributed by atoms with E-state index in [1.165, 1.54) is 11.3 Å². The van der Waals surface area contributed by atoms with Crippen molar-refractivity contribution in [3.05, 3.63) is 45.1 Å². The molecule has 2 aromatic rings. The van der Waals surface area contributed by atoms with Gasteiger partial charge < -0.3 is 5.32 Å².